The number of hydrogen-bond acceptors (Lipinski definition) is 5. The lowest BCUT2D eigenvalue weighted by Gasteiger charge is -2.34. The summed E-state index contributed by atoms with van der Waals surface area (Å²) >= 11 is 1.99. The Morgan fingerprint density at radius 2 is 2.05 bits per heavy atom. The first-order valence-electron chi connectivity index (χ1n) is 6.36. The van der Waals surface area contributed by atoms with Gasteiger partial charge >= 0.3 is 0 Å². The summed E-state index contributed by atoms with van der Waals surface area (Å²) in [4.78, 5) is 12.8. The second-order valence-corrected chi connectivity index (χ2v) is 6.97. The third kappa shape index (κ3) is 3.61. The molecule has 0 aromatic heterocycles. The number of benzene rings is 1. The summed E-state index contributed by atoms with van der Waals surface area (Å²) < 4.78 is 0. The van der Waals surface area contributed by atoms with E-state index >= 15 is 0 Å². The van der Waals surface area contributed by atoms with Crippen molar-refractivity contribution >= 4 is 23.1 Å². The van der Waals surface area contributed by atoms with Crippen molar-refractivity contribution in [2.24, 2.45) is 0 Å². The van der Waals surface area contributed by atoms with Crippen LogP contribution >= 0.6 is 11.8 Å². The summed E-state index contributed by atoms with van der Waals surface area (Å²) in [6, 6.07) is 4.67. The highest BCUT2D eigenvalue weighted by molar-refractivity contribution is 8.00. The highest BCUT2D eigenvalue weighted by Gasteiger charge is 2.23. The molecule has 2 unspecified atom stereocenters. The molecule has 1 saturated heterocycles. The highest BCUT2D eigenvalue weighted by Crippen LogP contribution is 2.27. The molecule has 2 atom stereocenters. The van der Waals surface area contributed by atoms with Gasteiger partial charge in [-0.05, 0) is 11.6 Å². The monoisotopic (exact) mass is 281 g/mol. The van der Waals surface area contributed by atoms with Gasteiger partial charge in [-0.3, -0.25) is 15.0 Å². The fourth-order valence-corrected chi connectivity index (χ4v) is 3.88. The van der Waals surface area contributed by atoms with E-state index < -0.39 is 0 Å². The average molecular weight is 281 g/mol. The second kappa shape index (κ2) is 5.79. The smallest absolute Gasteiger partial charge is 0.269 e. The molecule has 1 aromatic carbocycles. The number of nitrogen functional groups attached to an aromatic ring is 1. The van der Waals surface area contributed by atoms with E-state index in [1.807, 2.05) is 11.8 Å². The van der Waals surface area contributed by atoms with Crippen LogP contribution in [-0.4, -0.2) is 33.4 Å². The highest BCUT2D eigenvalue weighted by atomic mass is 32.2. The normalized spacial score (nSPS) is 24.3. The summed E-state index contributed by atoms with van der Waals surface area (Å²) in [6.07, 6.45) is 0. The summed E-state index contributed by atoms with van der Waals surface area (Å²) in [6.45, 7) is 7.10. The molecule has 2 N–H and O–H groups in total. The molecule has 0 radical (unpaired) electrons. The van der Waals surface area contributed by atoms with Gasteiger partial charge in [-0.25, -0.2) is 0 Å². The van der Waals surface area contributed by atoms with Gasteiger partial charge in [0.2, 0.25) is 0 Å². The number of anilines is 1. The maximum atomic E-state index is 10.8. The molecule has 0 aliphatic carbocycles. The van der Waals surface area contributed by atoms with Gasteiger partial charge < -0.3 is 5.73 Å². The molecule has 1 fully saturated rings. The first-order valence-corrected chi connectivity index (χ1v) is 7.30. The van der Waals surface area contributed by atoms with E-state index in [2.05, 4.69) is 18.7 Å². The van der Waals surface area contributed by atoms with E-state index in [1.54, 1.807) is 12.1 Å². The molecule has 1 heterocycles. The Morgan fingerprint density at radius 1 is 1.42 bits per heavy atom. The topological polar surface area (TPSA) is 72.4 Å². The Labute approximate surface area is 117 Å². The van der Waals surface area contributed by atoms with E-state index in [4.69, 9.17) is 5.73 Å². The van der Waals surface area contributed by atoms with Crippen LogP contribution in [0.25, 0.3) is 0 Å². The van der Waals surface area contributed by atoms with Crippen LogP contribution < -0.4 is 5.73 Å². The number of nitrogens with two attached hydrogens (primary N) is 1. The van der Waals surface area contributed by atoms with Crippen LogP contribution in [0.2, 0.25) is 0 Å². The molecular formula is C13H19N3O2S. The van der Waals surface area contributed by atoms with Gasteiger partial charge in [0.05, 0.1) is 4.92 Å². The Hall–Kier alpha value is -1.27. The molecule has 5 nitrogen and oxygen atoms in total. The van der Waals surface area contributed by atoms with Gasteiger partial charge in [-0.15, -0.1) is 0 Å². The van der Waals surface area contributed by atoms with E-state index in [9.17, 15) is 10.1 Å². The summed E-state index contributed by atoms with van der Waals surface area (Å²) in [7, 11) is 0. The molecule has 0 bridgehead atoms. The van der Waals surface area contributed by atoms with Crippen LogP contribution in [0.4, 0.5) is 11.4 Å². The molecular weight excluding hydrogens is 262 g/mol. The summed E-state index contributed by atoms with van der Waals surface area (Å²) in [5.41, 5.74) is 7.51. The fraction of sp³-hybridized carbons (Fsp3) is 0.538. The van der Waals surface area contributed by atoms with Crippen molar-refractivity contribution in [3.05, 3.63) is 33.9 Å². The standard InChI is InChI=1S/C13H19N3O2S/c1-9-6-15(7-10(2)19-9)8-11-5-12(16(17)18)3-4-13(11)14/h3-5,9-10H,6-8,14H2,1-2H3. The average Bonchev–Trinajstić information content (AvgIpc) is 2.30. The van der Waals surface area contributed by atoms with Crippen molar-refractivity contribution in [3.63, 3.8) is 0 Å². The maximum absolute atomic E-state index is 10.8. The zero-order valence-electron chi connectivity index (χ0n) is 11.2. The summed E-state index contributed by atoms with van der Waals surface area (Å²) in [5.74, 6) is 0. The fourth-order valence-electron chi connectivity index (χ4n) is 2.50. The zero-order chi connectivity index (χ0) is 14.0. The molecule has 1 aliphatic heterocycles. The first kappa shape index (κ1) is 14.1. The van der Waals surface area contributed by atoms with Crippen molar-refractivity contribution in [2.75, 3.05) is 18.8 Å². The van der Waals surface area contributed by atoms with E-state index in [0.29, 0.717) is 22.7 Å². The van der Waals surface area contributed by atoms with E-state index in [-0.39, 0.29) is 10.6 Å². The SMILES string of the molecule is CC1CN(Cc2cc([N+](=O)[O-])ccc2N)CC(C)S1. The number of non-ortho nitro benzene ring substituents is 1. The van der Waals surface area contributed by atoms with Crippen molar-refractivity contribution in [3.8, 4) is 0 Å². The Bertz CT molecular complexity index is 471. The minimum atomic E-state index is -0.375. The Morgan fingerprint density at radius 3 is 2.63 bits per heavy atom. The number of thioether (sulfide) groups is 1. The number of nitrogens with zero attached hydrogens (tertiary/aromatic N) is 2. The van der Waals surface area contributed by atoms with Crippen LogP contribution in [0.5, 0.6) is 0 Å². The lowest BCUT2D eigenvalue weighted by molar-refractivity contribution is -0.384. The van der Waals surface area contributed by atoms with Gasteiger partial charge in [0.25, 0.3) is 5.69 Å². The minimum Gasteiger partial charge on any atom is -0.398 e. The molecule has 19 heavy (non-hydrogen) atoms. The molecule has 2 rings (SSSR count). The molecule has 1 aromatic rings. The van der Waals surface area contributed by atoms with Gasteiger partial charge in [0, 0.05) is 48.0 Å². The number of rotatable bonds is 3. The van der Waals surface area contributed by atoms with Gasteiger partial charge in [0.1, 0.15) is 0 Å². The van der Waals surface area contributed by atoms with Crippen molar-refractivity contribution < 1.29 is 4.92 Å². The predicted molar refractivity (Wildman–Crippen MR) is 79.3 cm³/mol. The molecule has 0 saturated carbocycles. The van der Waals surface area contributed by atoms with Gasteiger partial charge in [0.15, 0.2) is 0 Å². The van der Waals surface area contributed by atoms with Crippen molar-refractivity contribution in [1.29, 1.82) is 0 Å². The quantitative estimate of drug-likeness (QED) is 0.523. The van der Waals surface area contributed by atoms with E-state index in [1.165, 1.54) is 6.07 Å². The zero-order valence-corrected chi connectivity index (χ0v) is 12.0. The third-order valence-electron chi connectivity index (χ3n) is 3.23. The number of hydrogen-bond donors (Lipinski definition) is 1. The molecule has 0 spiro atoms. The predicted octanol–water partition coefficient (Wildman–Crippen LogP) is 2.50. The molecule has 0 amide bonds. The largest absolute Gasteiger partial charge is 0.398 e. The van der Waals surface area contributed by atoms with Crippen LogP contribution in [0.1, 0.15) is 19.4 Å². The first-order chi connectivity index (χ1) is 8.95. The Kier molecular flexibility index (Phi) is 4.31. The Balaban J connectivity index is 2.13. The molecule has 6 heteroatoms. The second-order valence-electron chi connectivity index (χ2n) is 5.09. The minimum absolute atomic E-state index is 0.108. The number of nitro benzene ring substituents is 1. The van der Waals surface area contributed by atoms with Crippen LogP contribution in [0, 0.1) is 10.1 Å². The van der Waals surface area contributed by atoms with Gasteiger partial charge in [-0.2, -0.15) is 11.8 Å². The lowest BCUT2D eigenvalue weighted by atomic mass is 10.1. The summed E-state index contributed by atoms with van der Waals surface area (Å²) in [5, 5.41) is 12.0. The van der Waals surface area contributed by atoms with E-state index in [0.717, 1.165) is 18.7 Å². The number of nitro groups is 1. The molecule has 1 aliphatic rings. The molecule has 104 valence electrons. The maximum Gasteiger partial charge on any atom is 0.269 e. The van der Waals surface area contributed by atoms with Crippen LogP contribution in [0.3, 0.4) is 0 Å². The lowest BCUT2D eigenvalue weighted by Crippen LogP contribution is -2.39. The van der Waals surface area contributed by atoms with Crippen LogP contribution in [-0.2, 0) is 6.54 Å². The van der Waals surface area contributed by atoms with Crippen molar-refractivity contribution in [1.82, 2.24) is 4.90 Å². The van der Waals surface area contributed by atoms with Crippen molar-refractivity contribution in [2.45, 2.75) is 30.9 Å². The van der Waals surface area contributed by atoms with Crippen LogP contribution in [0.15, 0.2) is 18.2 Å². The van der Waals surface area contributed by atoms with Gasteiger partial charge in [-0.1, -0.05) is 13.8 Å². The third-order valence-corrected chi connectivity index (χ3v) is 4.45.